The number of carbonyl (C=O) groups excluding carboxylic acids is 2. The van der Waals surface area contributed by atoms with Gasteiger partial charge in [-0.05, 0) is 42.8 Å². The maximum absolute atomic E-state index is 12.1. The largest absolute Gasteiger partial charge is 0.351 e. The molecule has 25 heavy (non-hydrogen) atoms. The van der Waals surface area contributed by atoms with Crippen LogP contribution in [-0.2, 0) is 11.2 Å². The van der Waals surface area contributed by atoms with Gasteiger partial charge >= 0.3 is 0 Å². The molecule has 1 aromatic heterocycles. The number of hydrogen-bond donors (Lipinski definition) is 3. The van der Waals surface area contributed by atoms with Crippen LogP contribution in [0.2, 0.25) is 0 Å². The van der Waals surface area contributed by atoms with Gasteiger partial charge in [0.05, 0.1) is 11.3 Å². The normalized spacial score (nSPS) is 10.4. The molecule has 0 unspecified atom stereocenters. The molecule has 0 atom stereocenters. The number of nitrogens with two attached hydrogens (primary N) is 1. The van der Waals surface area contributed by atoms with Gasteiger partial charge in [-0.15, -0.1) is 11.3 Å². The molecule has 0 fully saturated rings. The fourth-order valence-electron chi connectivity index (χ4n) is 2.50. The van der Waals surface area contributed by atoms with Gasteiger partial charge in [-0.25, -0.2) is 0 Å². The fourth-order valence-corrected chi connectivity index (χ4v) is 3.25. The van der Waals surface area contributed by atoms with Crippen LogP contribution < -0.4 is 16.4 Å². The molecule has 0 spiro atoms. The van der Waals surface area contributed by atoms with E-state index in [0.717, 1.165) is 25.7 Å². The van der Waals surface area contributed by atoms with E-state index >= 15 is 0 Å². The minimum atomic E-state index is -0.225. The summed E-state index contributed by atoms with van der Waals surface area (Å²) in [7, 11) is 0. The van der Waals surface area contributed by atoms with E-state index in [9.17, 15) is 9.59 Å². The maximum Gasteiger partial charge on any atom is 0.253 e. The number of benzene rings is 1. The number of carbonyl (C=O) groups is 2. The summed E-state index contributed by atoms with van der Waals surface area (Å²) < 4.78 is 0. The van der Waals surface area contributed by atoms with E-state index in [4.69, 9.17) is 5.73 Å². The smallest absolute Gasteiger partial charge is 0.253 e. The van der Waals surface area contributed by atoms with Crippen molar-refractivity contribution in [2.45, 2.75) is 32.1 Å². The van der Waals surface area contributed by atoms with Crippen LogP contribution in [0.1, 0.15) is 40.9 Å². The van der Waals surface area contributed by atoms with Crippen LogP contribution in [0.15, 0.2) is 41.8 Å². The molecule has 2 rings (SSSR count). The molecular formula is C19H25N3O2S. The van der Waals surface area contributed by atoms with Crippen LogP contribution >= 0.6 is 11.3 Å². The molecule has 0 bridgehead atoms. The third kappa shape index (κ3) is 6.68. The first-order chi connectivity index (χ1) is 12.2. The Morgan fingerprint density at radius 1 is 1.04 bits per heavy atom. The van der Waals surface area contributed by atoms with Crippen molar-refractivity contribution in [3.63, 3.8) is 0 Å². The number of unbranched alkanes of at least 4 members (excludes halogenated alkanes) is 2. The summed E-state index contributed by atoms with van der Waals surface area (Å²) in [6.45, 7) is 0.789. The van der Waals surface area contributed by atoms with Crippen LogP contribution in [0.4, 0.5) is 5.69 Å². The van der Waals surface area contributed by atoms with Gasteiger partial charge in [0.15, 0.2) is 0 Å². The molecule has 2 amide bonds. The molecule has 0 radical (unpaired) electrons. The highest BCUT2D eigenvalue weighted by molar-refractivity contribution is 7.09. The lowest BCUT2D eigenvalue weighted by Gasteiger charge is -2.11. The third-order valence-corrected chi connectivity index (χ3v) is 4.72. The van der Waals surface area contributed by atoms with Gasteiger partial charge in [0.25, 0.3) is 5.91 Å². The van der Waals surface area contributed by atoms with E-state index in [1.807, 2.05) is 0 Å². The summed E-state index contributed by atoms with van der Waals surface area (Å²) in [6, 6.07) is 11.2. The predicted molar refractivity (Wildman–Crippen MR) is 103 cm³/mol. The zero-order valence-corrected chi connectivity index (χ0v) is 15.1. The van der Waals surface area contributed by atoms with E-state index in [1.54, 1.807) is 35.6 Å². The summed E-state index contributed by atoms with van der Waals surface area (Å²) in [4.78, 5) is 25.6. The second-order valence-corrected chi connectivity index (χ2v) is 6.81. The fraction of sp³-hybridized carbons (Fsp3) is 0.368. The minimum absolute atomic E-state index is 0.0600. The average Bonchev–Trinajstić information content (AvgIpc) is 3.13. The second kappa shape index (κ2) is 10.6. The molecular weight excluding hydrogens is 334 g/mol. The summed E-state index contributed by atoms with van der Waals surface area (Å²) in [5.74, 6) is -0.285. The van der Waals surface area contributed by atoms with E-state index in [2.05, 4.69) is 28.1 Å². The Kier molecular flexibility index (Phi) is 8.15. The number of thiophene rings is 1. The Balaban J connectivity index is 1.75. The summed E-state index contributed by atoms with van der Waals surface area (Å²) >= 11 is 1.77. The Bertz CT molecular complexity index is 671. The molecule has 6 heteroatoms. The van der Waals surface area contributed by atoms with E-state index < -0.39 is 0 Å². The van der Waals surface area contributed by atoms with Gasteiger partial charge in [-0.2, -0.15) is 0 Å². The molecule has 0 saturated heterocycles. The molecule has 2 aromatic rings. The van der Waals surface area contributed by atoms with Gasteiger partial charge in [0.2, 0.25) is 5.91 Å². The topological polar surface area (TPSA) is 84.2 Å². The Morgan fingerprint density at radius 3 is 2.64 bits per heavy atom. The number of para-hydroxylation sites is 1. The SMILES string of the molecule is NCCNC(=O)c1ccccc1NC(=O)CCCCCc1cccs1. The van der Waals surface area contributed by atoms with Gasteiger partial charge in [0, 0.05) is 24.4 Å². The summed E-state index contributed by atoms with van der Waals surface area (Å²) in [6.07, 6.45) is 4.49. The van der Waals surface area contributed by atoms with Gasteiger partial charge < -0.3 is 16.4 Å². The van der Waals surface area contributed by atoms with Crippen molar-refractivity contribution in [1.82, 2.24) is 5.32 Å². The van der Waals surface area contributed by atoms with Crippen molar-refractivity contribution >= 4 is 28.8 Å². The Hall–Kier alpha value is -2.18. The molecule has 0 aliphatic carbocycles. The molecule has 4 N–H and O–H groups in total. The number of aryl methyl sites for hydroxylation is 1. The number of rotatable bonds is 10. The standard InChI is InChI=1S/C19H25N3O2S/c20-12-13-21-19(24)16-9-4-5-10-17(16)22-18(23)11-3-1-2-7-15-8-6-14-25-15/h4-6,8-10,14H,1-3,7,11-13,20H2,(H,21,24)(H,22,23). The van der Waals surface area contributed by atoms with Crippen LogP contribution in [0, 0.1) is 0 Å². The molecule has 0 aliphatic rings. The molecule has 134 valence electrons. The predicted octanol–water partition coefficient (Wildman–Crippen LogP) is 3.18. The first kappa shape index (κ1) is 19.1. The lowest BCUT2D eigenvalue weighted by atomic mass is 10.1. The van der Waals surface area contributed by atoms with Crippen molar-refractivity contribution in [1.29, 1.82) is 0 Å². The van der Waals surface area contributed by atoms with E-state index in [1.165, 1.54) is 4.88 Å². The van der Waals surface area contributed by atoms with Crippen LogP contribution in [0.5, 0.6) is 0 Å². The van der Waals surface area contributed by atoms with Crippen molar-refractivity contribution in [2.75, 3.05) is 18.4 Å². The van der Waals surface area contributed by atoms with Crippen molar-refractivity contribution < 1.29 is 9.59 Å². The Morgan fingerprint density at radius 2 is 1.88 bits per heavy atom. The van der Waals surface area contributed by atoms with E-state index in [0.29, 0.717) is 30.8 Å². The summed E-state index contributed by atoms with van der Waals surface area (Å²) in [5.41, 5.74) is 6.40. The molecule has 1 aromatic carbocycles. The lowest BCUT2D eigenvalue weighted by molar-refractivity contribution is -0.116. The second-order valence-electron chi connectivity index (χ2n) is 5.78. The first-order valence-electron chi connectivity index (χ1n) is 8.60. The lowest BCUT2D eigenvalue weighted by Crippen LogP contribution is -2.29. The van der Waals surface area contributed by atoms with Crippen molar-refractivity contribution in [3.05, 3.63) is 52.2 Å². The molecule has 0 saturated carbocycles. The highest BCUT2D eigenvalue weighted by atomic mass is 32.1. The van der Waals surface area contributed by atoms with Gasteiger partial charge in [0.1, 0.15) is 0 Å². The zero-order valence-electron chi connectivity index (χ0n) is 14.3. The first-order valence-corrected chi connectivity index (χ1v) is 9.48. The quantitative estimate of drug-likeness (QED) is 0.570. The van der Waals surface area contributed by atoms with Gasteiger partial charge in [-0.3, -0.25) is 9.59 Å². The van der Waals surface area contributed by atoms with E-state index in [-0.39, 0.29) is 11.8 Å². The van der Waals surface area contributed by atoms with Gasteiger partial charge in [-0.1, -0.05) is 24.6 Å². The zero-order chi connectivity index (χ0) is 17.9. The number of amides is 2. The molecule has 5 nitrogen and oxygen atoms in total. The van der Waals surface area contributed by atoms with Crippen LogP contribution in [0.25, 0.3) is 0 Å². The minimum Gasteiger partial charge on any atom is -0.351 e. The Labute approximate surface area is 152 Å². The number of hydrogen-bond acceptors (Lipinski definition) is 4. The van der Waals surface area contributed by atoms with Crippen molar-refractivity contribution in [3.8, 4) is 0 Å². The molecule has 0 aliphatic heterocycles. The average molecular weight is 359 g/mol. The highest BCUT2D eigenvalue weighted by Gasteiger charge is 2.12. The molecule has 1 heterocycles. The monoisotopic (exact) mass is 359 g/mol. The number of anilines is 1. The summed E-state index contributed by atoms with van der Waals surface area (Å²) in [5, 5.41) is 7.65. The highest BCUT2D eigenvalue weighted by Crippen LogP contribution is 2.16. The van der Waals surface area contributed by atoms with Crippen molar-refractivity contribution in [2.24, 2.45) is 5.73 Å². The van der Waals surface area contributed by atoms with Crippen LogP contribution in [0.3, 0.4) is 0 Å². The maximum atomic E-state index is 12.1. The number of nitrogens with one attached hydrogen (secondary N) is 2. The van der Waals surface area contributed by atoms with Crippen LogP contribution in [-0.4, -0.2) is 24.9 Å². The third-order valence-electron chi connectivity index (χ3n) is 3.78.